The van der Waals surface area contributed by atoms with Crippen LogP contribution in [0.5, 0.6) is 5.75 Å². The molecular weight excluding hydrogens is 176 g/mol. The standard InChI is InChI=1S/C11H16N2O/c1-14-9-4-2-3-8(12)10(9)11(13)7-5-6-7/h2-4,7,11H,5-6,12-13H2,1H3/t11-/m1/s1. The molecule has 0 saturated heterocycles. The molecule has 1 aliphatic carbocycles. The fraction of sp³-hybridized carbons (Fsp3) is 0.455. The molecule has 0 unspecified atom stereocenters. The summed E-state index contributed by atoms with van der Waals surface area (Å²) in [6.07, 6.45) is 2.41. The zero-order chi connectivity index (χ0) is 10.1. The Hall–Kier alpha value is -1.22. The average molecular weight is 192 g/mol. The van der Waals surface area contributed by atoms with Gasteiger partial charge in [-0.15, -0.1) is 0 Å². The average Bonchev–Trinajstić information content (AvgIpc) is 2.99. The van der Waals surface area contributed by atoms with Crippen molar-refractivity contribution in [2.24, 2.45) is 11.7 Å². The van der Waals surface area contributed by atoms with Gasteiger partial charge in [0.25, 0.3) is 0 Å². The van der Waals surface area contributed by atoms with Crippen LogP contribution in [0.4, 0.5) is 5.69 Å². The smallest absolute Gasteiger partial charge is 0.125 e. The largest absolute Gasteiger partial charge is 0.496 e. The van der Waals surface area contributed by atoms with Gasteiger partial charge in [-0.2, -0.15) is 0 Å². The molecule has 1 aromatic rings. The van der Waals surface area contributed by atoms with E-state index < -0.39 is 0 Å². The zero-order valence-electron chi connectivity index (χ0n) is 8.36. The van der Waals surface area contributed by atoms with Crippen molar-refractivity contribution in [3.05, 3.63) is 23.8 Å². The van der Waals surface area contributed by atoms with Crippen LogP contribution in [0.3, 0.4) is 0 Å². The maximum Gasteiger partial charge on any atom is 0.125 e. The van der Waals surface area contributed by atoms with Crippen molar-refractivity contribution < 1.29 is 4.74 Å². The fourth-order valence-electron chi connectivity index (χ4n) is 1.79. The lowest BCUT2D eigenvalue weighted by Crippen LogP contribution is -2.15. The number of ether oxygens (including phenoxy) is 1. The first-order chi connectivity index (χ1) is 6.74. The third kappa shape index (κ3) is 1.55. The van der Waals surface area contributed by atoms with Gasteiger partial charge in [-0.3, -0.25) is 0 Å². The normalized spacial score (nSPS) is 17.9. The number of nitrogen functional groups attached to an aromatic ring is 1. The first kappa shape index (κ1) is 9.34. The molecule has 4 N–H and O–H groups in total. The van der Waals surface area contributed by atoms with Crippen LogP contribution in [0.15, 0.2) is 18.2 Å². The minimum absolute atomic E-state index is 0.0335. The van der Waals surface area contributed by atoms with Crippen LogP contribution in [0.2, 0.25) is 0 Å². The van der Waals surface area contributed by atoms with Crippen LogP contribution in [-0.4, -0.2) is 7.11 Å². The summed E-state index contributed by atoms with van der Waals surface area (Å²) in [4.78, 5) is 0. The maximum atomic E-state index is 6.12. The molecule has 1 fully saturated rings. The van der Waals surface area contributed by atoms with Gasteiger partial charge in [-0.1, -0.05) is 6.07 Å². The van der Waals surface area contributed by atoms with Crippen LogP contribution in [0, 0.1) is 5.92 Å². The second kappa shape index (κ2) is 3.50. The minimum Gasteiger partial charge on any atom is -0.496 e. The van der Waals surface area contributed by atoms with Gasteiger partial charge in [-0.25, -0.2) is 0 Å². The number of benzene rings is 1. The summed E-state index contributed by atoms with van der Waals surface area (Å²) in [7, 11) is 1.65. The molecule has 1 aromatic carbocycles. The topological polar surface area (TPSA) is 61.3 Å². The predicted molar refractivity (Wildman–Crippen MR) is 57.1 cm³/mol. The summed E-state index contributed by atoms with van der Waals surface area (Å²) in [5, 5.41) is 0. The second-order valence-corrected chi connectivity index (χ2v) is 3.83. The van der Waals surface area contributed by atoms with Crippen molar-refractivity contribution >= 4 is 5.69 Å². The monoisotopic (exact) mass is 192 g/mol. The Labute approximate surface area is 84.0 Å². The third-order valence-corrected chi connectivity index (χ3v) is 2.78. The summed E-state index contributed by atoms with van der Waals surface area (Å²) >= 11 is 0. The number of hydrogen-bond acceptors (Lipinski definition) is 3. The SMILES string of the molecule is COc1cccc(N)c1[C@H](N)C1CC1. The van der Waals surface area contributed by atoms with Crippen molar-refractivity contribution in [1.29, 1.82) is 0 Å². The summed E-state index contributed by atoms with van der Waals surface area (Å²) < 4.78 is 5.27. The van der Waals surface area contributed by atoms with Gasteiger partial charge in [0.05, 0.1) is 7.11 Å². The highest BCUT2D eigenvalue weighted by Gasteiger charge is 2.32. The zero-order valence-corrected chi connectivity index (χ0v) is 8.36. The van der Waals surface area contributed by atoms with Crippen molar-refractivity contribution in [1.82, 2.24) is 0 Å². The minimum atomic E-state index is 0.0335. The van der Waals surface area contributed by atoms with Gasteiger partial charge in [0.1, 0.15) is 5.75 Å². The molecule has 76 valence electrons. The number of nitrogens with two attached hydrogens (primary N) is 2. The lowest BCUT2D eigenvalue weighted by atomic mass is 10.0. The van der Waals surface area contributed by atoms with E-state index in [-0.39, 0.29) is 6.04 Å². The molecule has 0 aliphatic heterocycles. The van der Waals surface area contributed by atoms with E-state index in [9.17, 15) is 0 Å². The summed E-state index contributed by atoms with van der Waals surface area (Å²) in [6, 6.07) is 5.71. The molecule has 0 aromatic heterocycles. The van der Waals surface area contributed by atoms with Crippen LogP contribution in [0.25, 0.3) is 0 Å². The number of anilines is 1. The molecule has 2 rings (SSSR count). The van der Waals surface area contributed by atoms with Crippen molar-refractivity contribution in [2.75, 3.05) is 12.8 Å². The molecule has 0 spiro atoms. The Morgan fingerprint density at radius 3 is 2.71 bits per heavy atom. The van der Waals surface area contributed by atoms with E-state index in [4.69, 9.17) is 16.2 Å². The number of rotatable bonds is 3. The molecule has 1 aliphatic rings. The fourth-order valence-corrected chi connectivity index (χ4v) is 1.79. The second-order valence-electron chi connectivity index (χ2n) is 3.83. The van der Waals surface area contributed by atoms with E-state index >= 15 is 0 Å². The van der Waals surface area contributed by atoms with Crippen LogP contribution in [0.1, 0.15) is 24.4 Å². The first-order valence-electron chi connectivity index (χ1n) is 4.92. The van der Waals surface area contributed by atoms with Gasteiger partial charge in [0.2, 0.25) is 0 Å². The molecule has 0 bridgehead atoms. The van der Waals surface area contributed by atoms with Crippen molar-refractivity contribution in [3.8, 4) is 5.75 Å². The van der Waals surface area contributed by atoms with E-state index in [1.807, 2.05) is 18.2 Å². The van der Waals surface area contributed by atoms with Gasteiger partial charge < -0.3 is 16.2 Å². The summed E-state index contributed by atoms with van der Waals surface area (Å²) in [5.41, 5.74) is 13.7. The molecule has 0 heterocycles. The van der Waals surface area contributed by atoms with E-state index in [0.717, 1.165) is 17.0 Å². The van der Waals surface area contributed by atoms with Crippen LogP contribution in [-0.2, 0) is 0 Å². The Kier molecular flexibility index (Phi) is 2.33. The van der Waals surface area contributed by atoms with Crippen LogP contribution >= 0.6 is 0 Å². The van der Waals surface area contributed by atoms with Crippen molar-refractivity contribution in [3.63, 3.8) is 0 Å². The van der Waals surface area contributed by atoms with E-state index in [0.29, 0.717) is 5.92 Å². The van der Waals surface area contributed by atoms with Crippen molar-refractivity contribution in [2.45, 2.75) is 18.9 Å². The molecule has 1 saturated carbocycles. The van der Waals surface area contributed by atoms with Gasteiger partial charge in [0.15, 0.2) is 0 Å². The maximum absolute atomic E-state index is 6.12. The summed E-state index contributed by atoms with van der Waals surface area (Å²) in [6.45, 7) is 0. The lowest BCUT2D eigenvalue weighted by molar-refractivity contribution is 0.403. The third-order valence-electron chi connectivity index (χ3n) is 2.78. The molecule has 14 heavy (non-hydrogen) atoms. The van der Waals surface area contributed by atoms with Gasteiger partial charge >= 0.3 is 0 Å². The molecule has 3 nitrogen and oxygen atoms in total. The Morgan fingerprint density at radius 1 is 1.43 bits per heavy atom. The van der Waals surface area contributed by atoms with Crippen LogP contribution < -0.4 is 16.2 Å². The quantitative estimate of drug-likeness (QED) is 0.716. The highest BCUT2D eigenvalue weighted by Crippen LogP contribution is 2.43. The summed E-state index contributed by atoms with van der Waals surface area (Å²) in [5.74, 6) is 1.40. The van der Waals surface area contributed by atoms with E-state index in [1.54, 1.807) is 7.11 Å². The molecule has 0 radical (unpaired) electrons. The number of methoxy groups -OCH3 is 1. The van der Waals surface area contributed by atoms with E-state index in [2.05, 4.69) is 0 Å². The first-order valence-corrected chi connectivity index (χ1v) is 4.92. The van der Waals surface area contributed by atoms with Gasteiger partial charge in [-0.05, 0) is 30.9 Å². The number of hydrogen-bond donors (Lipinski definition) is 2. The lowest BCUT2D eigenvalue weighted by Gasteiger charge is -2.17. The Balaban J connectivity index is 2.37. The Bertz CT molecular complexity index is 334. The molecular formula is C11H16N2O. The van der Waals surface area contributed by atoms with Gasteiger partial charge in [0, 0.05) is 17.3 Å². The predicted octanol–water partition coefficient (Wildman–Crippen LogP) is 1.69. The Morgan fingerprint density at radius 2 is 2.14 bits per heavy atom. The molecule has 3 heteroatoms. The highest BCUT2D eigenvalue weighted by molar-refractivity contribution is 5.56. The van der Waals surface area contributed by atoms with E-state index in [1.165, 1.54) is 12.8 Å². The highest BCUT2D eigenvalue weighted by atomic mass is 16.5. The molecule has 0 amide bonds. The molecule has 1 atom stereocenters.